The van der Waals surface area contributed by atoms with Crippen molar-refractivity contribution in [3.05, 3.63) is 28.2 Å². The minimum absolute atomic E-state index is 0.233. The highest BCUT2D eigenvalue weighted by Gasteiger charge is 2.11. The molecular formula is C8H4ClNO2S. The van der Waals surface area contributed by atoms with E-state index in [0.29, 0.717) is 10.5 Å². The van der Waals surface area contributed by atoms with Crippen molar-refractivity contribution in [3.63, 3.8) is 0 Å². The third-order valence-corrected chi connectivity index (χ3v) is 2.73. The SMILES string of the molecule is O=C(O)c1csc2cc(Cl)cnc12. The zero-order valence-electron chi connectivity index (χ0n) is 6.32. The summed E-state index contributed by atoms with van der Waals surface area (Å²) in [5, 5.41) is 10.9. The van der Waals surface area contributed by atoms with Crippen molar-refractivity contribution in [2.75, 3.05) is 0 Å². The molecule has 3 nitrogen and oxygen atoms in total. The van der Waals surface area contributed by atoms with Crippen LogP contribution in [0.15, 0.2) is 17.6 Å². The first kappa shape index (κ1) is 8.47. The van der Waals surface area contributed by atoms with Gasteiger partial charge in [0.2, 0.25) is 0 Å². The number of halogens is 1. The van der Waals surface area contributed by atoms with Crippen molar-refractivity contribution in [2.24, 2.45) is 0 Å². The standard InChI is InChI=1S/C8H4ClNO2S/c9-4-1-6-7(10-2-4)5(3-13-6)8(11)12/h1-3H,(H,11,12). The van der Waals surface area contributed by atoms with Crippen LogP contribution in [0.1, 0.15) is 10.4 Å². The highest BCUT2D eigenvalue weighted by Crippen LogP contribution is 2.26. The van der Waals surface area contributed by atoms with Gasteiger partial charge in [-0.15, -0.1) is 11.3 Å². The molecule has 2 aromatic heterocycles. The Kier molecular flexibility index (Phi) is 1.94. The maximum absolute atomic E-state index is 10.7. The molecule has 0 amide bonds. The van der Waals surface area contributed by atoms with Crippen LogP contribution in [0.4, 0.5) is 0 Å². The second-order valence-corrected chi connectivity index (χ2v) is 3.80. The number of fused-ring (bicyclic) bond motifs is 1. The Bertz CT molecular complexity index is 480. The van der Waals surface area contributed by atoms with Crippen molar-refractivity contribution in [1.29, 1.82) is 0 Å². The number of rotatable bonds is 1. The summed E-state index contributed by atoms with van der Waals surface area (Å²) in [6.45, 7) is 0. The first-order chi connectivity index (χ1) is 6.18. The summed E-state index contributed by atoms with van der Waals surface area (Å²) in [6, 6.07) is 1.71. The molecule has 2 heterocycles. The van der Waals surface area contributed by atoms with E-state index in [4.69, 9.17) is 16.7 Å². The lowest BCUT2D eigenvalue weighted by Crippen LogP contribution is -1.94. The molecule has 66 valence electrons. The van der Waals surface area contributed by atoms with Crippen molar-refractivity contribution >= 4 is 39.1 Å². The average Bonchev–Trinajstić information content (AvgIpc) is 2.46. The number of carboxylic acid groups (broad SMARTS) is 1. The zero-order valence-corrected chi connectivity index (χ0v) is 7.89. The normalized spacial score (nSPS) is 10.5. The van der Waals surface area contributed by atoms with E-state index < -0.39 is 5.97 Å². The van der Waals surface area contributed by atoms with E-state index in [9.17, 15) is 4.79 Å². The van der Waals surface area contributed by atoms with E-state index in [1.807, 2.05) is 0 Å². The van der Waals surface area contributed by atoms with Gasteiger partial charge in [-0.05, 0) is 6.07 Å². The highest BCUT2D eigenvalue weighted by molar-refractivity contribution is 7.17. The summed E-state index contributed by atoms with van der Waals surface area (Å²) in [4.78, 5) is 14.7. The van der Waals surface area contributed by atoms with Crippen LogP contribution in [0, 0.1) is 0 Å². The second-order valence-electron chi connectivity index (χ2n) is 2.45. The molecule has 0 aliphatic carbocycles. The van der Waals surface area contributed by atoms with Crippen LogP contribution in [0.25, 0.3) is 10.2 Å². The molecule has 0 fully saturated rings. The summed E-state index contributed by atoms with van der Waals surface area (Å²) in [7, 11) is 0. The quantitative estimate of drug-likeness (QED) is 0.792. The molecule has 0 saturated heterocycles. The topological polar surface area (TPSA) is 50.2 Å². The van der Waals surface area contributed by atoms with Crippen LogP contribution >= 0.6 is 22.9 Å². The van der Waals surface area contributed by atoms with E-state index in [1.54, 1.807) is 11.4 Å². The molecule has 13 heavy (non-hydrogen) atoms. The van der Waals surface area contributed by atoms with Crippen LogP contribution in [0.5, 0.6) is 0 Å². The lowest BCUT2D eigenvalue weighted by Gasteiger charge is -1.91. The van der Waals surface area contributed by atoms with Gasteiger partial charge in [-0.2, -0.15) is 0 Å². The maximum Gasteiger partial charge on any atom is 0.338 e. The number of hydrogen-bond acceptors (Lipinski definition) is 3. The third kappa shape index (κ3) is 1.38. The fourth-order valence-electron chi connectivity index (χ4n) is 1.04. The number of aromatic nitrogens is 1. The maximum atomic E-state index is 10.7. The molecule has 2 aromatic rings. The summed E-state index contributed by atoms with van der Waals surface area (Å²) in [5.74, 6) is -0.957. The molecule has 0 unspecified atom stereocenters. The minimum Gasteiger partial charge on any atom is -0.478 e. The average molecular weight is 214 g/mol. The third-order valence-electron chi connectivity index (χ3n) is 1.61. The Morgan fingerprint density at radius 3 is 3.08 bits per heavy atom. The lowest BCUT2D eigenvalue weighted by atomic mass is 10.3. The van der Waals surface area contributed by atoms with Gasteiger partial charge in [-0.3, -0.25) is 4.98 Å². The molecule has 0 radical (unpaired) electrons. The van der Waals surface area contributed by atoms with E-state index in [-0.39, 0.29) is 5.56 Å². The molecule has 0 aliphatic heterocycles. The number of carboxylic acids is 1. The lowest BCUT2D eigenvalue weighted by molar-refractivity contribution is 0.0699. The molecule has 1 N–H and O–H groups in total. The summed E-state index contributed by atoms with van der Waals surface area (Å²) < 4.78 is 0.796. The monoisotopic (exact) mass is 213 g/mol. The molecule has 0 saturated carbocycles. The smallest absolute Gasteiger partial charge is 0.338 e. The first-order valence-electron chi connectivity index (χ1n) is 3.44. The molecule has 0 aromatic carbocycles. The number of nitrogens with zero attached hydrogens (tertiary/aromatic N) is 1. The van der Waals surface area contributed by atoms with Crippen LogP contribution in [0.2, 0.25) is 5.02 Å². The van der Waals surface area contributed by atoms with Crippen LogP contribution in [-0.2, 0) is 0 Å². The number of thiophene rings is 1. The number of carbonyl (C=O) groups is 1. The van der Waals surface area contributed by atoms with Gasteiger partial charge in [0.15, 0.2) is 0 Å². The number of aromatic carboxylic acids is 1. The minimum atomic E-state index is -0.957. The fourth-order valence-corrected chi connectivity index (χ4v) is 2.19. The van der Waals surface area contributed by atoms with E-state index in [1.165, 1.54) is 17.5 Å². The predicted octanol–water partition coefficient (Wildman–Crippen LogP) is 2.65. The molecule has 0 bridgehead atoms. The van der Waals surface area contributed by atoms with Crippen molar-refractivity contribution in [3.8, 4) is 0 Å². The first-order valence-corrected chi connectivity index (χ1v) is 4.70. The Morgan fingerprint density at radius 1 is 1.62 bits per heavy atom. The van der Waals surface area contributed by atoms with Crippen LogP contribution in [0.3, 0.4) is 0 Å². The van der Waals surface area contributed by atoms with Crippen molar-refractivity contribution in [1.82, 2.24) is 4.98 Å². The van der Waals surface area contributed by atoms with Crippen LogP contribution in [-0.4, -0.2) is 16.1 Å². The predicted molar refractivity (Wildman–Crippen MR) is 51.6 cm³/mol. The van der Waals surface area contributed by atoms with Gasteiger partial charge >= 0.3 is 5.97 Å². The Morgan fingerprint density at radius 2 is 2.38 bits per heavy atom. The summed E-state index contributed by atoms with van der Waals surface area (Å²) in [6.07, 6.45) is 1.45. The van der Waals surface area contributed by atoms with Gasteiger partial charge in [-0.25, -0.2) is 4.79 Å². The molecule has 0 atom stereocenters. The van der Waals surface area contributed by atoms with E-state index in [0.717, 1.165) is 4.70 Å². The molecule has 0 spiro atoms. The van der Waals surface area contributed by atoms with Crippen molar-refractivity contribution < 1.29 is 9.90 Å². The molecular weight excluding hydrogens is 210 g/mol. The van der Waals surface area contributed by atoms with Crippen molar-refractivity contribution in [2.45, 2.75) is 0 Å². The van der Waals surface area contributed by atoms with Gasteiger partial charge in [0, 0.05) is 11.6 Å². The number of hydrogen-bond donors (Lipinski definition) is 1. The van der Waals surface area contributed by atoms with Gasteiger partial charge in [0.05, 0.1) is 20.8 Å². The Hall–Kier alpha value is -1.13. The van der Waals surface area contributed by atoms with Gasteiger partial charge in [0.25, 0.3) is 0 Å². The second kappa shape index (κ2) is 2.97. The Labute approximate surface area is 82.6 Å². The summed E-state index contributed by atoms with van der Waals surface area (Å²) >= 11 is 7.03. The zero-order chi connectivity index (χ0) is 9.42. The summed E-state index contributed by atoms with van der Waals surface area (Å²) in [5.41, 5.74) is 0.735. The largest absolute Gasteiger partial charge is 0.478 e. The van der Waals surface area contributed by atoms with Gasteiger partial charge < -0.3 is 5.11 Å². The van der Waals surface area contributed by atoms with Gasteiger partial charge in [-0.1, -0.05) is 11.6 Å². The molecule has 2 rings (SSSR count). The fraction of sp³-hybridized carbons (Fsp3) is 0. The van der Waals surface area contributed by atoms with Gasteiger partial charge in [0.1, 0.15) is 0 Å². The highest BCUT2D eigenvalue weighted by atomic mass is 35.5. The molecule has 0 aliphatic rings. The number of pyridine rings is 1. The van der Waals surface area contributed by atoms with E-state index in [2.05, 4.69) is 4.98 Å². The van der Waals surface area contributed by atoms with Crippen LogP contribution < -0.4 is 0 Å². The molecule has 5 heteroatoms. The van der Waals surface area contributed by atoms with E-state index >= 15 is 0 Å². The Balaban J connectivity index is 2.76.